The van der Waals surface area contributed by atoms with Gasteiger partial charge in [-0.15, -0.1) is 0 Å². The molecule has 0 spiro atoms. The van der Waals surface area contributed by atoms with Crippen LogP contribution in [0.25, 0.3) is 0 Å². The summed E-state index contributed by atoms with van der Waals surface area (Å²) in [4.78, 5) is 15.2. The number of pyridine rings is 1. The number of carbonyl (C=O) groups is 1. The Morgan fingerprint density at radius 3 is 2.88 bits per heavy atom. The Labute approximate surface area is 93.5 Å². The maximum atomic E-state index is 11.3. The Morgan fingerprint density at radius 2 is 2.38 bits per heavy atom. The lowest BCUT2D eigenvalue weighted by Crippen LogP contribution is -2.35. The van der Waals surface area contributed by atoms with Gasteiger partial charge < -0.3 is 16.4 Å². The van der Waals surface area contributed by atoms with Crippen molar-refractivity contribution in [2.24, 2.45) is 0 Å². The Morgan fingerprint density at radius 1 is 1.69 bits per heavy atom. The number of carbonyl (C=O) groups excluding carboxylic acids is 1. The minimum absolute atomic E-state index is 0.162. The van der Waals surface area contributed by atoms with Crippen molar-refractivity contribution < 1.29 is 4.79 Å². The summed E-state index contributed by atoms with van der Waals surface area (Å²) in [5.74, 6) is 0.237. The second-order valence-corrected chi connectivity index (χ2v) is 3.25. The molecule has 0 aliphatic rings. The van der Waals surface area contributed by atoms with E-state index in [1.54, 1.807) is 14.0 Å². The largest absolute Gasteiger partial charge is 0.396 e. The van der Waals surface area contributed by atoms with Crippen molar-refractivity contribution in [3.8, 4) is 6.07 Å². The molecule has 0 bridgehead atoms. The highest BCUT2D eigenvalue weighted by Gasteiger charge is 2.12. The lowest BCUT2D eigenvalue weighted by atomic mass is 10.2. The van der Waals surface area contributed by atoms with Crippen molar-refractivity contribution in [2.45, 2.75) is 13.0 Å². The molecule has 6 nitrogen and oxygen atoms in total. The van der Waals surface area contributed by atoms with Gasteiger partial charge in [-0.05, 0) is 13.0 Å². The molecular weight excluding hydrogens is 206 g/mol. The van der Waals surface area contributed by atoms with E-state index >= 15 is 0 Å². The summed E-state index contributed by atoms with van der Waals surface area (Å²) in [6.07, 6.45) is 1.40. The van der Waals surface area contributed by atoms with E-state index in [2.05, 4.69) is 15.6 Å². The van der Waals surface area contributed by atoms with Crippen molar-refractivity contribution in [3.63, 3.8) is 0 Å². The number of anilines is 2. The van der Waals surface area contributed by atoms with E-state index in [0.29, 0.717) is 17.1 Å². The first-order valence-corrected chi connectivity index (χ1v) is 4.72. The predicted molar refractivity (Wildman–Crippen MR) is 60.5 cm³/mol. The quantitative estimate of drug-likeness (QED) is 0.668. The maximum absolute atomic E-state index is 11.3. The van der Waals surface area contributed by atoms with Crippen molar-refractivity contribution in [3.05, 3.63) is 17.8 Å². The Bertz CT molecular complexity index is 437. The fraction of sp³-hybridized carbons (Fsp3) is 0.300. The molecular formula is C10H13N5O. The van der Waals surface area contributed by atoms with Crippen LogP contribution in [0.3, 0.4) is 0 Å². The molecule has 1 heterocycles. The van der Waals surface area contributed by atoms with Gasteiger partial charge in [-0.3, -0.25) is 4.79 Å². The van der Waals surface area contributed by atoms with Crippen LogP contribution in [0.5, 0.6) is 0 Å². The molecule has 4 N–H and O–H groups in total. The van der Waals surface area contributed by atoms with Crippen LogP contribution in [0.4, 0.5) is 11.5 Å². The normalized spacial score (nSPS) is 11.3. The van der Waals surface area contributed by atoms with Crippen molar-refractivity contribution in [2.75, 3.05) is 18.1 Å². The third-order valence-electron chi connectivity index (χ3n) is 2.04. The molecule has 0 saturated carbocycles. The number of hydrogen-bond acceptors (Lipinski definition) is 5. The number of hydrogen-bond donors (Lipinski definition) is 3. The summed E-state index contributed by atoms with van der Waals surface area (Å²) in [7, 11) is 1.55. The number of rotatable bonds is 3. The first kappa shape index (κ1) is 11.8. The van der Waals surface area contributed by atoms with Crippen LogP contribution in [0, 0.1) is 11.3 Å². The van der Waals surface area contributed by atoms with Crippen molar-refractivity contribution in [1.29, 1.82) is 5.26 Å². The van der Waals surface area contributed by atoms with E-state index in [1.807, 2.05) is 6.07 Å². The minimum Gasteiger partial charge on any atom is -0.396 e. The van der Waals surface area contributed by atoms with Crippen LogP contribution < -0.4 is 16.4 Å². The van der Waals surface area contributed by atoms with Gasteiger partial charge in [-0.25, -0.2) is 4.98 Å². The molecule has 1 unspecified atom stereocenters. The van der Waals surface area contributed by atoms with Crippen LogP contribution in [0.2, 0.25) is 0 Å². The third-order valence-corrected chi connectivity index (χ3v) is 2.04. The Hall–Kier alpha value is -2.29. The molecule has 6 heteroatoms. The number of amides is 1. The van der Waals surface area contributed by atoms with Gasteiger partial charge in [0.15, 0.2) is 0 Å². The number of nitrogens with two attached hydrogens (primary N) is 1. The van der Waals surface area contributed by atoms with Crippen LogP contribution in [0.15, 0.2) is 12.3 Å². The number of likely N-dealkylation sites (N-methyl/N-ethyl adjacent to an activating group) is 1. The third kappa shape index (κ3) is 2.60. The van der Waals surface area contributed by atoms with E-state index in [0.717, 1.165) is 0 Å². The van der Waals surface area contributed by atoms with Gasteiger partial charge in [0.2, 0.25) is 5.91 Å². The zero-order valence-electron chi connectivity index (χ0n) is 9.11. The second kappa shape index (κ2) is 4.98. The number of aromatic nitrogens is 1. The molecule has 84 valence electrons. The molecule has 1 aromatic rings. The summed E-state index contributed by atoms with van der Waals surface area (Å²) in [6, 6.07) is 3.00. The van der Waals surface area contributed by atoms with E-state index in [9.17, 15) is 4.79 Å². The fourth-order valence-corrected chi connectivity index (χ4v) is 1.15. The molecule has 0 aromatic carbocycles. The average Bonchev–Trinajstić information content (AvgIpc) is 2.30. The highest BCUT2D eigenvalue weighted by atomic mass is 16.2. The number of nitrogens with one attached hydrogen (secondary N) is 2. The van der Waals surface area contributed by atoms with Gasteiger partial charge in [0, 0.05) is 13.2 Å². The van der Waals surface area contributed by atoms with E-state index in [4.69, 9.17) is 11.0 Å². The molecule has 1 amide bonds. The van der Waals surface area contributed by atoms with Crippen LogP contribution in [-0.2, 0) is 4.79 Å². The number of nitriles is 1. The van der Waals surface area contributed by atoms with Crippen LogP contribution >= 0.6 is 0 Å². The second-order valence-electron chi connectivity index (χ2n) is 3.25. The zero-order valence-corrected chi connectivity index (χ0v) is 9.11. The first-order valence-electron chi connectivity index (χ1n) is 4.72. The molecule has 1 atom stereocenters. The topological polar surface area (TPSA) is 104 Å². The molecule has 0 aliphatic heterocycles. The fourth-order valence-electron chi connectivity index (χ4n) is 1.15. The van der Waals surface area contributed by atoms with Crippen molar-refractivity contribution in [1.82, 2.24) is 10.3 Å². The predicted octanol–water partition coefficient (Wildman–Crippen LogP) is 0.0819. The van der Waals surface area contributed by atoms with Crippen molar-refractivity contribution >= 4 is 17.4 Å². The first-order chi connectivity index (χ1) is 7.58. The summed E-state index contributed by atoms with van der Waals surface area (Å²) < 4.78 is 0. The Balaban J connectivity index is 2.83. The van der Waals surface area contributed by atoms with E-state index < -0.39 is 6.04 Å². The van der Waals surface area contributed by atoms with Gasteiger partial charge in [0.1, 0.15) is 17.9 Å². The Kier molecular flexibility index (Phi) is 3.67. The molecule has 16 heavy (non-hydrogen) atoms. The molecule has 1 aromatic heterocycles. The molecule has 0 aliphatic carbocycles. The summed E-state index contributed by atoms with van der Waals surface area (Å²) in [5.41, 5.74) is 6.41. The highest BCUT2D eigenvalue weighted by molar-refractivity contribution is 5.84. The number of nitrogens with zero attached hydrogens (tertiary/aromatic N) is 2. The maximum Gasteiger partial charge on any atom is 0.241 e. The molecule has 0 radical (unpaired) electrons. The SMILES string of the molecule is CNC(=O)C(C)Nc1ncc(C#N)cc1N. The monoisotopic (exact) mass is 219 g/mol. The molecule has 0 saturated heterocycles. The lowest BCUT2D eigenvalue weighted by molar-refractivity contribution is -0.121. The molecule has 0 fully saturated rings. The lowest BCUT2D eigenvalue weighted by Gasteiger charge is -2.14. The average molecular weight is 219 g/mol. The number of nitrogen functional groups attached to an aromatic ring is 1. The smallest absolute Gasteiger partial charge is 0.241 e. The van der Waals surface area contributed by atoms with Gasteiger partial charge in [0.05, 0.1) is 11.3 Å². The standard InChI is InChI=1S/C10H13N5O/c1-6(10(16)13-2)15-9-8(12)3-7(4-11)5-14-9/h3,5-6H,12H2,1-2H3,(H,13,16)(H,14,15). The highest BCUT2D eigenvalue weighted by Crippen LogP contribution is 2.16. The van der Waals surface area contributed by atoms with E-state index in [1.165, 1.54) is 12.3 Å². The molecule has 1 rings (SSSR count). The van der Waals surface area contributed by atoms with E-state index in [-0.39, 0.29) is 5.91 Å². The summed E-state index contributed by atoms with van der Waals surface area (Å²) >= 11 is 0. The summed E-state index contributed by atoms with van der Waals surface area (Å²) in [6.45, 7) is 1.69. The zero-order chi connectivity index (χ0) is 12.1. The van der Waals surface area contributed by atoms with Gasteiger partial charge in [-0.1, -0.05) is 0 Å². The van der Waals surface area contributed by atoms with Gasteiger partial charge >= 0.3 is 0 Å². The van der Waals surface area contributed by atoms with Crippen LogP contribution in [-0.4, -0.2) is 24.0 Å². The van der Waals surface area contributed by atoms with Crippen LogP contribution in [0.1, 0.15) is 12.5 Å². The van der Waals surface area contributed by atoms with Gasteiger partial charge in [-0.2, -0.15) is 5.26 Å². The summed E-state index contributed by atoms with van der Waals surface area (Å²) in [5, 5.41) is 14.0. The van der Waals surface area contributed by atoms with Gasteiger partial charge in [0.25, 0.3) is 0 Å². The minimum atomic E-state index is -0.437.